The molecule has 0 atom stereocenters. The highest BCUT2D eigenvalue weighted by atomic mass is 35.5. The van der Waals surface area contributed by atoms with Crippen molar-refractivity contribution in [2.45, 2.75) is 32.1 Å². The van der Waals surface area contributed by atoms with Crippen molar-refractivity contribution in [1.82, 2.24) is 19.7 Å². The van der Waals surface area contributed by atoms with E-state index in [1.165, 1.54) is 31.9 Å². The van der Waals surface area contributed by atoms with Crippen LogP contribution >= 0.6 is 23.2 Å². The zero-order valence-corrected chi connectivity index (χ0v) is 14.4. The van der Waals surface area contributed by atoms with Crippen molar-refractivity contribution in [3.05, 3.63) is 50.6 Å². The van der Waals surface area contributed by atoms with Crippen LogP contribution in [0.3, 0.4) is 0 Å². The molecular formula is C17H16Cl2N4O. The molecule has 1 fully saturated rings. The van der Waals surface area contributed by atoms with E-state index in [0.717, 1.165) is 6.42 Å². The highest BCUT2D eigenvalue weighted by molar-refractivity contribution is 6.34. The van der Waals surface area contributed by atoms with Crippen molar-refractivity contribution in [1.29, 1.82) is 0 Å². The molecule has 2 heterocycles. The minimum atomic E-state index is -0.169. The third-order valence-corrected chi connectivity index (χ3v) is 5.13. The Hall–Kier alpha value is -1.85. The summed E-state index contributed by atoms with van der Waals surface area (Å²) in [6.07, 6.45) is 7.21. The van der Waals surface area contributed by atoms with E-state index in [0.29, 0.717) is 38.5 Å². The van der Waals surface area contributed by atoms with Gasteiger partial charge in [-0.15, -0.1) is 0 Å². The maximum atomic E-state index is 12.4. The van der Waals surface area contributed by atoms with Gasteiger partial charge in [-0.2, -0.15) is 5.10 Å². The Balaban J connectivity index is 1.83. The molecule has 0 spiro atoms. The summed E-state index contributed by atoms with van der Waals surface area (Å²) in [6.45, 7) is 0. The van der Waals surface area contributed by atoms with Gasteiger partial charge in [0.05, 0.1) is 16.9 Å². The number of nitrogens with zero attached hydrogens (tertiary/aromatic N) is 3. The van der Waals surface area contributed by atoms with Gasteiger partial charge in [0.15, 0.2) is 5.65 Å². The Labute approximate surface area is 148 Å². The zero-order chi connectivity index (χ0) is 16.7. The molecule has 0 unspecified atom stereocenters. The van der Waals surface area contributed by atoms with Gasteiger partial charge in [0.25, 0.3) is 5.56 Å². The summed E-state index contributed by atoms with van der Waals surface area (Å²) < 4.78 is 1.58. The van der Waals surface area contributed by atoms with Gasteiger partial charge in [-0.25, -0.2) is 9.67 Å². The number of halogens is 2. The van der Waals surface area contributed by atoms with Crippen LogP contribution in [-0.2, 0) is 6.42 Å². The van der Waals surface area contributed by atoms with Crippen molar-refractivity contribution in [2.75, 3.05) is 0 Å². The normalized spacial score (nSPS) is 15.4. The molecule has 1 aliphatic carbocycles. The Morgan fingerprint density at radius 2 is 2.04 bits per heavy atom. The van der Waals surface area contributed by atoms with Crippen LogP contribution in [0.2, 0.25) is 10.0 Å². The lowest BCUT2D eigenvalue weighted by Crippen LogP contribution is -2.14. The molecule has 24 heavy (non-hydrogen) atoms. The molecule has 0 bridgehead atoms. The molecule has 0 aliphatic heterocycles. The van der Waals surface area contributed by atoms with Gasteiger partial charge < -0.3 is 4.98 Å². The fraction of sp³-hybridized carbons (Fsp3) is 0.353. The molecule has 4 rings (SSSR count). The van der Waals surface area contributed by atoms with Crippen LogP contribution in [0, 0.1) is 5.92 Å². The van der Waals surface area contributed by atoms with E-state index in [1.54, 1.807) is 22.9 Å². The third-order valence-electron chi connectivity index (χ3n) is 4.58. The van der Waals surface area contributed by atoms with E-state index in [9.17, 15) is 4.79 Å². The van der Waals surface area contributed by atoms with Crippen molar-refractivity contribution >= 4 is 34.2 Å². The smallest absolute Gasteiger partial charge is 0.262 e. The summed E-state index contributed by atoms with van der Waals surface area (Å²) in [7, 11) is 0. The van der Waals surface area contributed by atoms with Crippen molar-refractivity contribution in [3.63, 3.8) is 0 Å². The Morgan fingerprint density at radius 1 is 1.25 bits per heavy atom. The lowest BCUT2D eigenvalue weighted by Gasteiger charge is -2.09. The minimum Gasteiger partial charge on any atom is -0.310 e. The first-order chi connectivity index (χ1) is 11.6. The average molecular weight is 363 g/mol. The van der Waals surface area contributed by atoms with Gasteiger partial charge in [0.2, 0.25) is 0 Å². The molecule has 1 aromatic carbocycles. The van der Waals surface area contributed by atoms with Gasteiger partial charge in [0.1, 0.15) is 11.2 Å². The second kappa shape index (κ2) is 6.22. The predicted molar refractivity (Wildman–Crippen MR) is 95.2 cm³/mol. The number of hydrogen-bond acceptors (Lipinski definition) is 3. The predicted octanol–water partition coefficient (Wildman–Crippen LogP) is 4.15. The number of aromatic amines is 1. The number of aromatic nitrogens is 4. The molecule has 1 aliphatic rings. The highest BCUT2D eigenvalue weighted by Crippen LogP contribution is 2.28. The minimum absolute atomic E-state index is 0.169. The zero-order valence-electron chi connectivity index (χ0n) is 12.9. The van der Waals surface area contributed by atoms with Crippen LogP contribution in [0.25, 0.3) is 16.7 Å². The van der Waals surface area contributed by atoms with E-state index in [1.807, 2.05) is 0 Å². The number of fused-ring (bicyclic) bond motifs is 1. The summed E-state index contributed by atoms with van der Waals surface area (Å²) in [5.41, 5.74) is 0.956. The topological polar surface area (TPSA) is 63.6 Å². The highest BCUT2D eigenvalue weighted by Gasteiger charge is 2.19. The number of benzene rings is 1. The molecule has 0 amide bonds. The van der Waals surface area contributed by atoms with E-state index in [4.69, 9.17) is 23.2 Å². The Morgan fingerprint density at radius 3 is 2.83 bits per heavy atom. The van der Waals surface area contributed by atoms with E-state index in [2.05, 4.69) is 15.1 Å². The first-order valence-corrected chi connectivity index (χ1v) is 8.80. The quantitative estimate of drug-likeness (QED) is 0.760. The molecule has 7 heteroatoms. The van der Waals surface area contributed by atoms with Gasteiger partial charge >= 0.3 is 0 Å². The summed E-state index contributed by atoms with van der Waals surface area (Å²) in [5.74, 6) is 1.30. The summed E-state index contributed by atoms with van der Waals surface area (Å²) >= 11 is 12.3. The maximum Gasteiger partial charge on any atom is 0.262 e. The largest absolute Gasteiger partial charge is 0.310 e. The number of rotatable bonds is 3. The third kappa shape index (κ3) is 2.82. The molecule has 5 nitrogen and oxygen atoms in total. The van der Waals surface area contributed by atoms with E-state index < -0.39 is 0 Å². The van der Waals surface area contributed by atoms with E-state index in [-0.39, 0.29) is 5.56 Å². The molecule has 1 saturated carbocycles. The van der Waals surface area contributed by atoms with Crippen molar-refractivity contribution in [2.24, 2.45) is 5.92 Å². The standard InChI is InChI=1S/C17H16Cl2N4O/c18-11-5-6-13(19)14(8-11)23-16-12(9-20-23)17(24)22-15(21-16)7-10-3-1-2-4-10/h5-6,8-10H,1-4,7H2,(H,21,22,24). The lowest BCUT2D eigenvalue weighted by molar-refractivity contribution is 0.530. The van der Waals surface area contributed by atoms with Crippen LogP contribution < -0.4 is 5.56 Å². The molecular weight excluding hydrogens is 347 g/mol. The van der Waals surface area contributed by atoms with Crippen LogP contribution in [-0.4, -0.2) is 19.7 Å². The molecule has 1 N–H and O–H groups in total. The molecule has 0 saturated heterocycles. The summed E-state index contributed by atoms with van der Waals surface area (Å²) in [4.78, 5) is 19.9. The van der Waals surface area contributed by atoms with Crippen LogP contribution in [0.4, 0.5) is 0 Å². The summed E-state index contributed by atoms with van der Waals surface area (Å²) in [5, 5.41) is 5.79. The van der Waals surface area contributed by atoms with Gasteiger partial charge in [0, 0.05) is 11.4 Å². The monoisotopic (exact) mass is 362 g/mol. The second-order valence-corrected chi connectivity index (χ2v) is 7.10. The van der Waals surface area contributed by atoms with E-state index >= 15 is 0 Å². The van der Waals surface area contributed by atoms with Crippen molar-refractivity contribution < 1.29 is 0 Å². The molecule has 2 aromatic heterocycles. The van der Waals surface area contributed by atoms with Gasteiger partial charge in [-0.3, -0.25) is 4.79 Å². The SMILES string of the molecule is O=c1[nH]c(CC2CCCC2)nc2c1cnn2-c1cc(Cl)ccc1Cl. The number of H-pyrrole nitrogens is 1. The van der Waals surface area contributed by atoms with Crippen LogP contribution in [0.1, 0.15) is 31.5 Å². The fourth-order valence-corrected chi connectivity index (χ4v) is 3.74. The molecule has 124 valence electrons. The Bertz CT molecular complexity index is 957. The first kappa shape index (κ1) is 15.7. The summed E-state index contributed by atoms with van der Waals surface area (Å²) in [6, 6.07) is 5.14. The fourth-order valence-electron chi connectivity index (χ4n) is 3.37. The van der Waals surface area contributed by atoms with Gasteiger partial charge in [-0.05, 0) is 24.1 Å². The van der Waals surface area contributed by atoms with Crippen LogP contribution in [0.5, 0.6) is 0 Å². The lowest BCUT2D eigenvalue weighted by atomic mass is 10.0. The number of hydrogen-bond donors (Lipinski definition) is 1. The Kier molecular flexibility index (Phi) is 4.06. The molecule has 3 aromatic rings. The first-order valence-electron chi connectivity index (χ1n) is 8.04. The maximum absolute atomic E-state index is 12.4. The number of nitrogens with one attached hydrogen (secondary N) is 1. The van der Waals surface area contributed by atoms with Crippen LogP contribution in [0.15, 0.2) is 29.2 Å². The second-order valence-electron chi connectivity index (χ2n) is 6.26. The molecule has 0 radical (unpaired) electrons. The van der Waals surface area contributed by atoms with Gasteiger partial charge in [-0.1, -0.05) is 48.9 Å². The average Bonchev–Trinajstić information content (AvgIpc) is 3.19. The van der Waals surface area contributed by atoms with Crippen molar-refractivity contribution in [3.8, 4) is 5.69 Å².